The number of hydrogen-bond donors (Lipinski definition) is 2. The molecule has 48 valence electrons. The van der Waals surface area contributed by atoms with Crippen LogP contribution in [0.25, 0.3) is 0 Å². The highest BCUT2D eigenvalue weighted by molar-refractivity contribution is 5.56. The van der Waals surface area contributed by atoms with Crippen LogP contribution in [0.1, 0.15) is 6.92 Å². The van der Waals surface area contributed by atoms with E-state index in [1.165, 1.54) is 0 Å². The molecule has 0 saturated heterocycles. The van der Waals surface area contributed by atoms with E-state index < -0.39 is 0 Å². The number of hydrogen-bond acceptors (Lipinski definition) is 3. The number of carbonyl (C=O) groups excluding carboxylic acids is 1. The summed E-state index contributed by atoms with van der Waals surface area (Å²) in [7, 11) is 0. The number of nitrogens with two attached hydrogens (primary N) is 1. The molecule has 0 aromatic rings. The summed E-state index contributed by atoms with van der Waals surface area (Å²) in [6.45, 7) is 3.08. The number of nitrogens with one attached hydrogen (secondary N) is 1. The van der Waals surface area contributed by atoms with Gasteiger partial charge >= 0.3 is 0 Å². The van der Waals surface area contributed by atoms with Crippen LogP contribution < -0.4 is 11.1 Å². The predicted octanol–water partition coefficient (Wildman–Crippen LogP) is -0.878. The van der Waals surface area contributed by atoms with Gasteiger partial charge in [-0.1, -0.05) is 0 Å². The Morgan fingerprint density at radius 3 is 2.88 bits per heavy atom. The van der Waals surface area contributed by atoms with E-state index in [1.54, 1.807) is 6.92 Å². The number of carbonyl (C=O) groups is 1. The van der Waals surface area contributed by atoms with E-state index in [4.69, 9.17) is 5.73 Å². The molecule has 3 nitrogen and oxygen atoms in total. The van der Waals surface area contributed by atoms with Gasteiger partial charge in [-0.05, 0) is 6.92 Å². The molecule has 0 fully saturated rings. The van der Waals surface area contributed by atoms with Gasteiger partial charge in [-0.25, -0.2) is 0 Å². The van der Waals surface area contributed by atoms with Crippen LogP contribution in [-0.4, -0.2) is 25.4 Å². The summed E-state index contributed by atoms with van der Waals surface area (Å²) in [5, 5.41) is 2.89. The fraction of sp³-hybridized carbons (Fsp3) is 0.800. The van der Waals surface area contributed by atoms with E-state index >= 15 is 0 Å². The Bertz CT molecular complexity index is 65.4. The average molecular weight is 116 g/mol. The Morgan fingerprint density at radius 2 is 2.50 bits per heavy atom. The Labute approximate surface area is 49.3 Å². The number of aldehydes is 1. The molecular formula is C5H12N2O. The van der Waals surface area contributed by atoms with Crippen LogP contribution >= 0.6 is 0 Å². The molecule has 0 rings (SSSR count). The zero-order valence-corrected chi connectivity index (χ0v) is 5.05. The summed E-state index contributed by atoms with van der Waals surface area (Å²) in [5.41, 5.74) is 5.15. The summed E-state index contributed by atoms with van der Waals surface area (Å²) in [6, 6.07) is -0.0569. The minimum absolute atomic E-state index is 0.0569. The fourth-order valence-corrected chi connectivity index (χ4v) is 0.359. The van der Waals surface area contributed by atoms with E-state index in [2.05, 4.69) is 5.32 Å². The molecule has 0 saturated carbocycles. The van der Waals surface area contributed by atoms with Crippen molar-refractivity contribution < 1.29 is 4.79 Å². The van der Waals surface area contributed by atoms with Crippen LogP contribution in [0.3, 0.4) is 0 Å². The zero-order chi connectivity index (χ0) is 6.41. The molecule has 3 N–H and O–H groups in total. The van der Waals surface area contributed by atoms with Crippen LogP contribution in [0.4, 0.5) is 0 Å². The van der Waals surface area contributed by atoms with Gasteiger partial charge < -0.3 is 15.8 Å². The molecule has 0 aromatic heterocycles. The molecule has 0 heterocycles. The molecule has 0 aliphatic rings. The highest BCUT2D eigenvalue weighted by Crippen LogP contribution is 1.68. The van der Waals surface area contributed by atoms with Crippen molar-refractivity contribution in [2.24, 2.45) is 5.73 Å². The number of rotatable bonds is 4. The van der Waals surface area contributed by atoms with Crippen molar-refractivity contribution in [3.63, 3.8) is 0 Å². The van der Waals surface area contributed by atoms with Crippen LogP contribution in [0.5, 0.6) is 0 Å². The molecule has 0 amide bonds. The lowest BCUT2D eigenvalue weighted by Gasteiger charge is -2.02. The summed E-state index contributed by atoms with van der Waals surface area (Å²) >= 11 is 0. The van der Waals surface area contributed by atoms with Crippen molar-refractivity contribution in [3.8, 4) is 0 Å². The second-order valence-corrected chi connectivity index (χ2v) is 1.67. The zero-order valence-electron chi connectivity index (χ0n) is 5.05. The molecule has 0 aromatic carbocycles. The van der Waals surface area contributed by atoms with Gasteiger partial charge in [-0.3, -0.25) is 0 Å². The molecule has 0 aliphatic heterocycles. The fourth-order valence-electron chi connectivity index (χ4n) is 0.359. The lowest BCUT2D eigenvalue weighted by molar-refractivity contribution is -0.109. The molecule has 0 radical (unpaired) electrons. The van der Waals surface area contributed by atoms with E-state index in [9.17, 15) is 4.79 Å². The standard InChI is InChI=1S/C5H12N2O/c1-5(4-8)7-3-2-6/h4-5,7H,2-3,6H2,1H3/t5-/m1/s1. The first-order valence-corrected chi connectivity index (χ1v) is 2.70. The van der Waals surface area contributed by atoms with E-state index in [0.717, 1.165) is 6.29 Å². The molecule has 3 heteroatoms. The van der Waals surface area contributed by atoms with Crippen LogP contribution in [0, 0.1) is 0 Å². The normalized spacial score (nSPS) is 13.2. The van der Waals surface area contributed by atoms with Crippen molar-refractivity contribution >= 4 is 6.29 Å². The maximum Gasteiger partial charge on any atom is 0.136 e. The monoisotopic (exact) mass is 116 g/mol. The van der Waals surface area contributed by atoms with Crippen LogP contribution in [-0.2, 0) is 4.79 Å². The summed E-state index contributed by atoms with van der Waals surface area (Å²) in [6.07, 6.45) is 0.857. The molecular weight excluding hydrogens is 104 g/mol. The molecule has 0 spiro atoms. The maximum atomic E-state index is 9.91. The van der Waals surface area contributed by atoms with Gasteiger partial charge in [0.1, 0.15) is 6.29 Å². The highest BCUT2D eigenvalue weighted by Gasteiger charge is 1.92. The summed E-state index contributed by atoms with van der Waals surface area (Å²) in [5.74, 6) is 0. The SMILES string of the molecule is C[C@H](C=O)NCCN. The Kier molecular flexibility index (Phi) is 4.50. The van der Waals surface area contributed by atoms with Crippen LogP contribution in [0.2, 0.25) is 0 Å². The van der Waals surface area contributed by atoms with Gasteiger partial charge in [0.2, 0.25) is 0 Å². The molecule has 1 atom stereocenters. The summed E-state index contributed by atoms with van der Waals surface area (Å²) < 4.78 is 0. The first kappa shape index (κ1) is 7.59. The molecule has 0 unspecified atom stereocenters. The van der Waals surface area contributed by atoms with E-state index in [-0.39, 0.29) is 6.04 Å². The second-order valence-electron chi connectivity index (χ2n) is 1.67. The van der Waals surface area contributed by atoms with Crippen molar-refractivity contribution in [1.82, 2.24) is 5.32 Å². The third-order valence-corrected chi connectivity index (χ3v) is 0.815. The minimum atomic E-state index is -0.0569. The third kappa shape index (κ3) is 3.77. The third-order valence-electron chi connectivity index (χ3n) is 0.815. The largest absolute Gasteiger partial charge is 0.329 e. The lowest BCUT2D eigenvalue weighted by atomic mass is 10.4. The predicted molar refractivity (Wildman–Crippen MR) is 32.6 cm³/mol. The topological polar surface area (TPSA) is 55.1 Å². The van der Waals surface area contributed by atoms with Gasteiger partial charge in [0, 0.05) is 13.1 Å². The van der Waals surface area contributed by atoms with Crippen molar-refractivity contribution in [2.45, 2.75) is 13.0 Å². The molecule has 0 aliphatic carbocycles. The molecule has 8 heavy (non-hydrogen) atoms. The lowest BCUT2D eigenvalue weighted by Crippen LogP contribution is -2.31. The Balaban J connectivity index is 2.98. The van der Waals surface area contributed by atoms with Crippen molar-refractivity contribution in [1.29, 1.82) is 0 Å². The quantitative estimate of drug-likeness (QED) is 0.469. The van der Waals surface area contributed by atoms with E-state index in [0.29, 0.717) is 13.1 Å². The smallest absolute Gasteiger partial charge is 0.136 e. The minimum Gasteiger partial charge on any atom is -0.329 e. The van der Waals surface area contributed by atoms with Crippen molar-refractivity contribution in [3.05, 3.63) is 0 Å². The van der Waals surface area contributed by atoms with Crippen LogP contribution in [0.15, 0.2) is 0 Å². The van der Waals surface area contributed by atoms with Gasteiger partial charge in [-0.15, -0.1) is 0 Å². The van der Waals surface area contributed by atoms with Gasteiger partial charge in [-0.2, -0.15) is 0 Å². The second kappa shape index (κ2) is 4.74. The van der Waals surface area contributed by atoms with Gasteiger partial charge in [0.05, 0.1) is 6.04 Å². The Hall–Kier alpha value is -0.410. The first-order chi connectivity index (χ1) is 3.81. The summed E-state index contributed by atoms with van der Waals surface area (Å²) in [4.78, 5) is 9.91. The van der Waals surface area contributed by atoms with Crippen molar-refractivity contribution in [2.75, 3.05) is 13.1 Å². The van der Waals surface area contributed by atoms with E-state index in [1.807, 2.05) is 0 Å². The van der Waals surface area contributed by atoms with Gasteiger partial charge in [0.15, 0.2) is 0 Å². The first-order valence-electron chi connectivity index (χ1n) is 2.70. The van der Waals surface area contributed by atoms with Gasteiger partial charge in [0.25, 0.3) is 0 Å². The maximum absolute atomic E-state index is 9.91. The average Bonchev–Trinajstić information content (AvgIpc) is 1.83. The molecule has 0 bridgehead atoms. The highest BCUT2D eigenvalue weighted by atomic mass is 16.1. The Morgan fingerprint density at radius 1 is 1.88 bits per heavy atom.